The van der Waals surface area contributed by atoms with Gasteiger partial charge in [0.05, 0.1) is 50.0 Å². The van der Waals surface area contributed by atoms with Gasteiger partial charge in [-0.25, -0.2) is 23.1 Å². The number of nitrogen functional groups attached to an aromatic ring is 1. The molecule has 74 heavy (non-hydrogen) atoms. The summed E-state index contributed by atoms with van der Waals surface area (Å²) in [6.45, 7) is 0.955. The molecule has 34 heteroatoms. The number of hydrogen-bond donors (Lipinski definition) is 12. The number of carbonyl (C=O) groups is 6. The predicted molar refractivity (Wildman–Crippen MR) is 268 cm³/mol. The zero-order valence-electron chi connectivity index (χ0n) is 39.8. The molecule has 5 amide bonds. The Morgan fingerprint density at radius 2 is 1.73 bits per heavy atom. The zero-order valence-corrected chi connectivity index (χ0v) is 45.0. The van der Waals surface area contributed by atoms with Gasteiger partial charge in [-0.2, -0.15) is 25.4 Å². The van der Waals surface area contributed by atoms with Crippen molar-refractivity contribution in [1.82, 2.24) is 36.6 Å². The number of phosphoric acid groups is 3. The van der Waals surface area contributed by atoms with Gasteiger partial charge in [0.2, 0.25) is 30.3 Å². The van der Waals surface area contributed by atoms with Crippen LogP contribution >= 0.6 is 56.8 Å². The number of phosphoric ester groups is 1. The Balaban J connectivity index is 1.05. The summed E-state index contributed by atoms with van der Waals surface area (Å²) in [7, 11) is -14.0. The number of fused-ring (bicyclic) bond motifs is 2. The lowest BCUT2D eigenvalue weighted by Gasteiger charge is -2.22. The fourth-order valence-corrected chi connectivity index (χ4v) is 14.7. The van der Waals surface area contributed by atoms with Crippen LogP contribution in [0.3, 0.4) is 0 Å². The summed E-state index contributed by atoms with van der Waals surface area (Å²) >= 11 is 1.78. The highest BCUT2D eigenvalue weighted by molar-refractivity contribution is 8.76. The van der Waals surface area contributed by atoms with Crippen LogP contribution < -0.4 is 32.3 Å². The number of nitrogens with one attached hydrogen (secondary N) is 5. The molecule has 3 saturated heterocycles. The molecule has 0 saturated carbocycles. The Hall–Kier alpha value is -3.69. The third kappa shape index (κ3) is 19.7. The first-order valence-corrected chi connectivity index (χ1v) is 31.4. The molecule has 1 aromatic heterocycles. The number of aliphatic hydroxyl groups is 1. The van der Waals surface area contributed by atoms with E-state index in [2.05, 4.69) is 61.5 Å². The molecule has 412 valence electrons. The normalized spacial score (nSPS) is 24.3. The smallest absolute Gasteiger partial charge is 0.481 e. The largest absolute Gasteiger partial charge is 0.490 e. The maximum atomic E-state index is 13.5. The summed E-state index contributed by atoms with van der Waals surface area (Å²) in [5.74, 6) is 4.33. The van der Waals surface area contributed by atoms with Gasteiger partial charge in [-0.3, -0.25) is 28.5 Å². The summed E-state index contributed by atoms with van der Waals surface area (Å²) in [6.07, 6.45) is 2.83. The topological polar surface area (TPSA) is 427 Å². The van der Waals surface area contributed by atoms with Crippen molar-refractivity contribution in [2.75, 3.05) is 36.1 Å². The molecular formula is C40H61N9O19P3S3+. The summed E-state index contributed by atoms with van der Waals surface area (Å²) in [6, 6.07) is -2.30. The predicted octanol–water partition coefficient (Wildman–Crippen LogP) is 1.29. The number of aromatic nitrogens is 2. The fourth-order valence-electron chi connectivity index (χ4n) is 8.08. The van der Waals surface area contributed by atoms with Crippen molar-refractivity contribution in [2.24, 2.45) is 0 Å². The van der Waals surface area contributed by atoms with E-state index in [1.165, 1.54) is 32.5 Å². The van der Waals surface area contributed by atoms with Crippen molar-refractivity contribution in [3.05, 3.63) is 11.9 Å². The third-order valence-electron chi connectivity index (χ3n) is 11.5. The van der Waals surface area contributed by atoms with E-state index in [0.717, 1.165) is 18.6 Å². The van der Waals surface area contributed by atoms with Crippen molar-refractivity contribution >= 4 is 110 Å². The first-order valence-electron chi connectivity index (χ1n) is 23.3. The minimum absolute atomic E-state index is 0.0459. The molecule has 0 aromatic carbocycles. The number of hydrogen-bond acceptors (Lipinski definition) is 20. The number of aliphatic carboxylic acids is 1. The minimum Gasteiger partial charge on any atom is -0.481 e. The molecule has 5 rings (SSSR count). The van der Waals surface area contributed by atoms with E-state index < -0.39 is 90.6 Å². The number of urea groups is 1. The van der Waals surface area contributed by atoms with Gasteiger partial charge in [0.1, 0.15) is 29.4 Å². The lowest BCUT2D eigenvalue weighted by atomic mass is 10.0. The Bertz CT molecular complexity index is 2450. The molecule has 13 N–H and O–H groups in total. The molecule has 5 heterocycles. The van der Waals surface area contributed by atoms with E-state index in [0.29, 0.717) is 42.8 Å². The Labute approximate surface area is 437 Å². The molecule has 0 radical (unpaired) electrons. The summed E-state index contributed by atoms with van der Waals surface area (Å²) in [5, 5.41) is 34.3. The second-order valence-corrected chi connectivity index (χ2v) is 25.6. The Morgan fingerprint density at radius 1 is 0.973 bits per heavy atom. The number of ketones is 1. The van der Waals surface area contributed by atoms with Crippen molar-refractivity contribution < 1.29 is 94.7 Å². The first-order chi connectivity index (χ1) is 34.9. The van der Waals surface area contributed by atoms with Gasteiger partial charge in [-0.1, -0.05) is 53.2 Å². The number of thioether (sulfide) groups is 1. The molecule has 3 fully saturated rings. The average Bonchev–Trinajstić information content (AvgIpc) is 4.07. The van der Waals surface area contributed by atoms with Gasteiger partial charge in [0.15, 0.2) is 5.78 Å². The lowest BCUT2D eigenvalue weighted by Crippen LogP contribution is -2.52. The SMILES string of the molecule is CCCCC(=O)C(CC(=O)O)NC(=O)C(CCCSSCCC(=O)NCC#CC1C=[N+](C2CC(O)C(COP(=O)(O)OP(=O)(O)OP(=O)(O)O)O2)c2ncnc(N)c21)NC(=O)CCCC[C@@H]1SC[C@@H]2NC(=O)N[C@@H]21. The highest BCUT2D eigenvalue weighted by Crippen LogP contribution is 2.66. The van der Waals surface area contributed by atoms with Crippen LogP contribution in [0, 0.1) is 11.8 Å². The number of carbonyl (C=O) groups excluding carboxylic acids is 5. The van der Waals surface area contributed by atoms with Crippen molar-refractivity contribution in [2.45, 2.75) is 138 Å². The van der Waals surface area contributed by atoms with Crippen LogP contribution in [-0.2, 0) is 55.5 Å². The van der Waals surface area contributed by atoms with Crippen LogP contribution in [0.4, 0.5) is 16.4 Å². The molecule has 1 aromatic rings. The minimum atomic E-state index is -5.77. The van der Waals surface area contributed by atoms with Gasteiger partial charge in [-0.05, 0) is 37.1 Å². The number of anilines is 1. The summed E-state index contributed by atoms with van der Waals surface area (Å²) < 4.78 is 54.1. The van der Waals surface area contributed by atoms with Gasteiger partial charge in [0, 0.05) is 48.2 Å². The maximum absolute atomic E-state index is 13.5. The molecule has 4 aliphatic heterocycles. The first kappa shape index (κ1) is 61.2. The molecular weight excluding hydrogens is 1100 g/mol. The monoisotopic (exact) mass is 1160 g/mol. The van der Waals surface area contributed by atoms with Crippen LogP contribution in [0.2, 0.25) is 0 Å². The van der Waals surface area contributed by atoms with Gasteiger partial charge in [-0.15, -0.1) is 0 Å². The average molecular weight is 1160 g/mol. The Kier molecular flexibility index (Phi) is 23.7. The van der Waals surface area contributed by atoms with E-state index >= 15 is 0 Å². The molecule has 28 nitrogen and oxygen atoms in total. The number of Topliss-reactive ketones (excluding diaryl/α,β-unsaturated/α-hetero) is 1. The maximum Gasteiger partial charge on any atom is 0.490 e. The number of aliphatic hydroxyl groups excluding tert-OH is 1. The second-order valence-electron chi connectivity index (χ2n) is 17.2. The van der Waals surface area contributed by atoms with E-state index in [9.17, 15) is 62.5 Å². The van der Waals surface area contributed by atoms with Crippen LogP contribution in [0.5, 0.6) is 0 Å². The highest BCUT2D eigenvalue weighted by atomic mass is 33.1. The molecule has 0 spiro atoms. The molecule has 4 aliphatic rings. The van der Waals surface area contributed by atoms with E-state index in [4.69, 9.17) is 20.3 Å². The number of unbranched alkanes of at least 4 members (excludes halogenated alkanes) is 2. The van der Waals surface area contributed by atoms with Crippen molar-refractivity contribution in [1.29, 1.82) is 0 Å². The van der Waals surface area contributed by atoms with Crippen LogP contribution in [0.25, 0.3) is 0 Å². The van der Waals surface area contributed by atoms with E-state index in [1.54, 1.807) is 18.0 Å². The molecule has 11 atom stereocenters. The van der Waals surface area contributed by atoms with Gasteiger partial charge in [0.25, 0.3) is 0 Å². The summed E-state index contributed by atoms with van der Waals surface area (Å²) in [5.41, 5.74) is 6.56. The number of carboxylic acid groups (broad SMARTS) is 1. The number of rotatable bonds is 31. The quantitative estimate of drug-likeness (QED) is 0.0124. The fraction of sp³-hybridized carbons (Fsp3) is 0.675. The standard InChI is InChI=1S/C40H60N9O19P3S3/c1-2-3-10-27(50)25(17-34(54)55)46-39(56)24(45-32(53)12-5-4-11-30-36-26(21-72-30)47-40(57)48-36)9-7-15-73-74-16-13-31(52)42-14-6-8-23-19-49(38-35(23)37(41)43-22-44-38)33-18-28(51)29(66-33)20-65-70(61,62)68-71(63,64)67-69(58,59)60/h19,22-26,28-30,33,36,51H,2-5,7,9-18,20-21H2,1H3,(H11-,41,42,43,44,45,46,47,48,52,53,54,55,56,57,58,59,60,61,62,63,64)/p+1/t23?,24?,25?,26-,28?,29?,30-,33?,36-/m0/s1. The van der Waals surface area contributed by atoms with Crippen LogP contribution in [0.1, 0.15) is 95.5 Å². The van der Waals surface area contributed by atoms with Crippen molar-refractivity contribution in [3.63, 3.8) is 0 Å². The third-order valence-corrected chi connectivity index (χ3v) is 19.3. The van der Waals surface area contributed by atoms with Crippen molar-refractivity contribution in [3.8, 4) is 11.8 Å². The molecule has 0 aliphatic carbocycles. The number of ether oxygens (including phenoxy) is 1. The number of carboxylic acids is 1. The number of nitrogens with two attached hydrogens (primary N) is 1. The number of amides is 5. The lowest BCUT2D eigenvalue weighted by molar-refractivity contribution is -0.536. The second kappa shape index (κ2) is 28.6. The van der Waals surface area contributed by atoms with Crippen LogP contribution in [-0.4, -0.2) is 164 Å². The van der Waals surface area contributed by atoms with Gasteiger partial charge >= 0.3 is 41.3 Å². The zero-order chi connectivity index (χ0) is 54.2. The highest BCUT2D eigenvalue weighted by Gasteiger charge is 2.47. The van der Waals surface area contributed by atoms with Gasteiger partial charge < -0.3 is 66.8 Å². The summed E-state index contributed by atoms with van der Waals surface area (Å²) in [4.78, 5) is 120. The van der Waals surface area contributed by atoms with E-state index in [1.807, 2.05) is 6.92 Å². The number of nitrogens with zero attached hydrogens (tertiary/aromatic N) is 3. The van der Waals surface area contributed by atoms with Crippen LogP contribution in [0.15, 0.2) is 6.33 Å². The molecule has 0 bridgehead atoms. The van der Waals surface area contributed by atoms with E-state index in [-0.39, 0.29) is 85.5 Å². The molecule has 8 unspecified atom stereocenters. The Morgan fingerprint density at radius 3 is 2.46 bits per heavy atom.